The molecule has 1 aromatic carbocycles. The molecule has 0 spiro atoms. The van der Waals surface area contributed by atoms with Gasteiger partial charge in [0, 0.05) is 6.54 Å². The Labute approximate surface area is 120 Å². The number of amides is 1. The Balaban J connectivity index is 3.10. The molecule has 0 aliphatic rings. The largest absolute Gasteiger partial charge is 0.479 e. The predicted molar refractivity (Wildman–Crippen MR) is 78.6 cm³/mol. The van der Waals surface area contributed by atoms with Gasteiger partial charge >= 0.3 is 5.97 Å². The lowest BCUT2D eigenvalue weighted by atomic mass is 9.86. The summed E-state index contributed by atoms with van der Waals surface area (Å²) < 4.78 is 0. The molecule has 0 radical (unpaired) electrons. The van der Waals surface area contributed by atoms with Crippen molar-refractivity contribution in [3.05, 3.63) is 35.4 Å². The van der Waals surface area contributed by atoms with Crippen molar-refractivity contribution in [2.24, 2.45) is 0 Å². The van der Waals surface area contributed by atoms with Crippen LogP contribution < -0.4 is 0 Å². The second-order valence-corrected chi connectivity index (χ2v) is 5.96. The molecular weight excluding hydrogens is 254 g/mol. The average Bonchev–Trinajstić information content (AvgIpc) is 2.37. The van der Waals surface area contributed by atoms with Gasteiger partial charge in [-0.05, 0) is 23.0 Å². The summed E-state index contributed by atoms with van der Waals surface area (Å²) in [5.74, 6) is -1.01. The number of hydrogen-bond donors (Lipinski definition) is 1. The lowest BCUT2D eigenvalue weighted by Crippen LogP contribution is -2.33. The molecule has 1 N–H and O–H groups in total. The minimum atomic E-state index is -1.01. The Bertz CT molecular complexity index is 460. The van der Waals surface area contributed by atoms with Gasteiger partial charge in [-0.3, -0.25) is 4.79 Å². The van der Waals surface area contributed by atoms with Crippen molar-refractivity contribution in [1.82, 2.24) is 4.90 Å². The fourth-order valence-corrected chi connectivity index (χ4v) is 2.14. The highest BCUT2D eigenvalue weighted by Gasteiger charge is 2.26. The summed E-state index contributed by atoms with van der Waals surface area (Å²) in [5.41, 5.74) is 1.79. The van der Waals surface area contributed by atoms with Crippen molar-refractivity contribution >= 4 is 12.4 Å². The molecule has 0 saturated heterocycles. The first-order valence-electron chi connectivity index (χ1n) is 6.85. The fraction of sp³-hybridized carbons (Fsp3) is 0.500. The van der Waals surface area contributed by atoms with Gasteiger partial charge in [-0.15, -0.1) is 0 Å². The standard InChI is InChI=1S/C16H23NO3/c1-5-10-17(11-18)14(15(19)20)12-6-8-13(9-7-12)16(2,3)4/h6-9,11,14H,5,10H2,1-4H3,(H,19,20). The van der Waals surface area contributed by atoms with Crippen LogP contribution in [0, 0.1) is 0 Å². The number of carboxylic acid groups (broad SMARTS) is 1. The lowest BCUT2D eigenvalue weighted by Gasteiger charge is -2.26. The number of carbonyl (C=O) groups excluding carboxylic acids is 1. The van der Waals surface area contributed by atoms with Crippen molar-refractivity contribution in [2.45, 2.75) is 45.6 Å². The van der Waals surface area contributed by atoms with Gasteiger partial charge in [-0.1, -0.05) is 52.0 Å². The molecule has 0 aliphatic carbocycles. The molecule has 4 heteroatoms. The molecule has 1 amide bonds. The number of carbonyl (C=O) groups is 2. The van der Waals surface area contributed by atoms with Crippen LogP contribution in [0.4, 0.5) is 0 Å². The van der Waals surface area contributed by atoms with Crippen LogP contribution in [-0.4, -0.2) is 28.9 Å². The summed E-state index contributed by atoms with van der Waals surface area (Å²) in [4.78, 5) is 23.9. The Morgan fingerprint density at radius 1 is 1.30 bits per heavy atom. The second-order valence-electron chi connectivity index (χ2n) is 5.96. The minimum absolute atomic E-state index is 0.0189. The van der Waals surface area contributed by atoms with Crippen LogP contribution in [0.2, 0.25) is 0 Å². The molecule has 4 nitrogen and oxygen atoms in total. The first-order valence-corrected chi connectivity index (χ1v) is 6.85. The van der Waals surface area contributed by atoms with Gasteiger partial charge in [0.1, 0.15) is 0 Å². The number of benzene rings is 1. The van der Waals surface area contributed by atoms with Crippen molar-refractivity contribution in [2.75, 3.05) is 6.54 Å². The molecule has 1 aromatic rings. The first-order chi connectivity index (χ1) is 9.31. The van der Waals surface area contributed by atoms with E-state index in [1.807, 2.05) is 19.1 Å². The van der Waals surface area contributed by atoms with E-state index in [-0.39, 0.29) is 5.41 Å². The Hall–Kier alpha value is -1.84. The zero-order chi connectivity index (χ0) is 15.3. The van der Waals surface area contributed by atoms with Gasteiger partial charge < -0.3 is 10.0 Å². The van der Waals surface area contributed by atoms with E-state index in [2.05, 4.69) is 20.8 Å². The third kappa shape index (κ3) is 3.83. The molecular formula is C16H23NO3. The molecule has 110 valence electrons. The van der Waals surface area contributed by atoms with Gasteiger partial charge in [0.2, 0.25) is 6.41 Å². The fourth-order valence-electron chi connectivity index (χ4n) is 2.14. The summed E-state index contributed by atoms with van der Waals surface area (Å²) in [5, 5.41) is 9.38. The monoisotopic (exact) mass is 277 g/mol. The molecule has 1 rings (SSSR count). The van der Waals surface area contributed by atoms with Crippen molar-refractivity contribution in [3.8, 4) is 0 Å². The van der Waals surface area contributed by atoms with Crippen LogP contribution in [0.5, 0.6) is 0 Å². The van der Waals surface area contributed by atoms with Gasteiger partial charge in [0.05, 0.1) is 0 Å². The topological polar surface area (TPSA) is 57.6 Å². The second kappa shape index (κ2) is 6.55. The SMILES string of the molecule is CCCN(C=O)C(C(=O)O)c1ccc(C(C)(C)C)cc1. The molecule has 0 aromatic heterocycles. The van der Waals surface area contributed by atoms with Crippen LogP contribution >= 0.6 is 0 Å². The zero-order valence-electron chi connectivity index (χ0n) is 12.6. The number of nitrogens with zero attached hydrogens (tertiary/aromatic N) is 1. The molecule has 0 fully saturated rings. The van der Waals surface area contributed by atoms with E-state index in [4.69, 9.17) is 0 Å². The van der Waals surface area contributed by atoms with Crippen molar-refractivity contribution in [3.63, 3.8) is 0 Å². The summed E-state index contributed by atoms with van der Waals surface area (Å²) in [6.07, 6.45) is 1.34. The van der Waals surface area contributed by atoms with Gasteiger partial charge in [0.25, 0.3) is 0 Å². The van der Waals surface area contributed by atoms with Crippen molar-refractivity contribution < 1.29 is 14.7 Å². The molecule has 1 atom stereocenters. The maximum atomic E-state index is 11.5. The van der Waals surface area contributed by atoms with Gasteiger partial charge in [-0.2, -0.15) is 0 Å². The summed E-state index contributed by atoms with van der Waals surface area (Å²) in [6, 6.07) is 6.54. The summed E-state index contributed by atoms with van der Waals surface area (Å²) in [6.45, 7) is 8.65. The Morgan fingerprint density at radius 3 is 2.20 bits per heavy atom. The number of aliphatic carboxylic acids is 1. The molecule has 20 heavy (non-hydrogen) atoms. The van der Waals surface area contributed by atoms with E-state index in [0.717, 1.165) is 12.0 Å². The van der Waals surface area contributed by atoms with Crippen molar-refractivity contribution in [1.29, 1.82) is 0 Å². The Kier molecular flexibility index (Phi) is 5.31. The third-order valence-electron chi connectivity index (χ3n) is 3.28. The molecule has 0 aliphatic heterocycles. The molecule has 0 saturated carbocycles. The van der Waals surface area contributed by atoms with E-state index in [0.29, 0.717) is 18.5 Å². The van der Waals surface area contributed by atoms with Gasteiger partial charge in [-0.25, -0.2) is 4.79 Å². The molecule has 0 bridgehead atoms. The van der Waals surface area contributed by atoms with Crippen LogP contribution in [0.25, 0.3) is 0 Å². The van der Waals surface area contributed by atoms with E-state index in [1.54, 1.807) is 12.1 Å². The predicted octanol–water partition coefficient (Wildman–Crippen LogP) is 2.98. The number of rotatable bonds is 6. The maximum Gasteiger partial charge on any atom is 0.331 e. The Morgan fingerprint density at radius 2 is 1.85 bits per heavy atom. The maximum absolute atomic E-state index is 11.5. The lowest BCUT2D eigenvalue weighted by molar-refractivity contribution is -0.146. The van der Waals surface area contributed by atoms with Crippen LogP contribution in [0.1, 0.15) is 51.3 Å². The number of carboxylic acids is 1. The first kappa shape index (κ1) is 16.2. The zero-order valence-corrected chi connectivity index (χ0v) is 12.6. The highest BCUT2D eigenvalue weighted by atomic mass is 16.4. The summed E-state index contributed by atoms with van der Waals surface area (Å²) >= 11 is 0. The third-order valence-corrected chi connectivity index (χ3v) is 3.28. The van der Waals surface area contributed by atoms with E-state index >= 15 is 0 Å². The normalized spacial score (nSPS) is 12.8. The molecule has 0 heterocycles. The average molecular weight is 277 g/mol. The summed E-state index contributed by atoms with van der Waals surface area (Å²) in [7, 11) is 0. The molecule has 1 unspecified atom stereocenters. The van der Waals surface area contributed by atoms with Crippen LogP contribution in [-0.2, 0) is 15.0 Å². The van der Waals surface area contributed by atoms with Crippen LogP contribution in [0.15, 0.2) is 24.3 Å². The van der Waals surface area contributed by atoms with E-state index in [1.165, 1.54) is 4.90 Å². The van der Waals surface area contributed by atoms with Gasteiger partial charge in [0.15, 0.2) is 6.04 Å². The highest BCUT2D eigenvalue weighted by Crippen LogP contribution is 2.26. The highest BCUT2D eigenvalue weighted by molar-refractivity contribution is 5.78. The smallest absolute Gasteiger partial charge is 0.331 e. The van der Waals surface area contributed by atoms with E-state index in [9.17, 15) is 14.7 Å². The quantitative estimate of drug-likeness (QED) is 0.813. The minimum Gasteiger partial charge on any atom is -0.479 e. The van der Waals surface area contributed by atoms with E-state index < -0.39 is 12.0 Å². The number of hydrogen-bond acceptors (Lipinski definition) is 2. The van der Waals surface area contributed by atoms with Crippen LogP contribution in [0.3, 0.4) is 0 Å².